The first kappa shape index (κ1) is 19.9. The van der Waals surface area contributed by atoms with Crippen LogP contribution in [0.4, 0.5) is 24.8 Å². The maximum absolute atomic E-state index is 12.7. The quantitative estimate of drug-likeness (QED) is 0.459. The summed E-state index contributed by atoms with van der Waals surface area (Å²) < 4.78 is 42.4. The Morgan fingerprint density at radius 2 is 1.83 bits per heavy atom. The van der Waals surface area contributed by atoms with Crippen LogP contribution in [0.15, 0.2) is 41.4 Å². The first-order chi connectivity index (χ1) is 14.3. The third kappa shape index (κ3) is 4.13. The fourth-order valence-corrected chi connectivity index (χ4v) is 3.47. The van der Waals surface area contributed by atoms with Crippen molar-refractivity contribution in [1.82, 2.24) is 30.1 Å². The zero-order valence-electron chi connectivity index (χ0n) is 15.8. The molecule has 154 valence electrons. The molecule has 0 unspecified atom stereocenters. The molecule has 0 saturated carbocycles. The van der Waals surface area contributed by atoms with Gasteiger partial charge in [-0.2, -0.15) is 18.2 Å². The number of aryl methyl sites for hydroxylation is 2. The van der Waals surface area contributed by atoms with Gasteiger partial charge in [-0.3, -0.25) is 9.97 Å². The highest BCUT2D eigenvalue weighted by Crippen LogP contribution is 2.33. The van der Waals surface area contributed by atoms with Gasteiger partial charge in [0.2, 0.25) is 5.82 Å². The lowest BCUT2D eigenvalue weighted by Crippen LogP contribution is -2.19. The number of alkyl halides is 3. The highest BCUT2D eigenvalue weighted by Gasteiger charge is 2.38. The fraction of sp³-hybridized carbons (Fsp3) is 0.222. The van der Waals surface area contributed by atoms with Crippen molar-refractivity contribution in [2.75, 3.05) is 4.90 Å². The first-order valence-corrected chi connectivity index (χ1v) is 9.46. The van der Waals surface area contributed by atoms with E-state index in [0.29, 0.717) is 23.1 Å². The third-order valence-corrected chi connectivity index (χ3v) is 5.21. The van der Waals surface area contributed by atoms with Crippen molar-refractivity contribution < 1.29 is 17.7 Å². The Hall–Kier alpha value is -3.41. The molecule has 30 heavy (non-hydrogen) atoms. The maximum atomic E-state index is 12.7. The van der Waals surface area contributed by atoms with E-state index in [-0.39, 0.29) is 5.82 Å². The average molecular weight is 433 g/mol. The summed E-state index contributed by atoms with van der Waals surface area (Å²) in [6.07, 6.45) is 1.68. The number of hydrogen-bond acceptors (Lipinski definition) is 9. The molecule has 0 aliphatic carbocycles. The zero-order chi connectivity index (χ0) is 21.3. The van der Waals surface area contributed by atoms with Crippen molar-refractivity contribution in [1.29, 1.82) is 0 Å². The van der Waals surface area contributed by atoms with Crippen molar-refractivity contribution in [3.05, 3.63) is 59.1 Å². The Morgan fingerprint density at radius 1 is 1.00 bits per heavy atom. The van der Waals surface area contributed by atoms with Crippen molar-refractivity contribution in [2.24, 2.45) is 0 Å². The Labute approximate surface area is 172 Å². The molecule has 0 atom stereocenters. The summed E-state index contributed by atoms with van der Waals surface area (Å²) in [6, 6.07) is 3.42. The molecule has 4 aromatic heterocycles. The van der Waals surface area contributed by atoms with Gasteiger partial charge >= 0.3 is 12.1 Å². The van der Waals surface area contributed by atoms with Gasteiger partial charge in [-0.1, -0.05) is 5.16 Å². The molecule has 0 amide bonds. The lowest BCUT2D eigenvalue weighted by molar-refractivity contribution is -0.159. The molecule has 4 heterocycles. The molecular weight excluding hydrogens is 419 g/mol. The summed E-state index contributed by atoms with van der Waals surface area (Å²) >= 11 is 1.24. The molecule has 0 aliphatic heterocycles. The second kappa shape index (κ2) is 7.78. The fourth-order valence-electron chi connectivity index (χ4n) is 2.55. The van der Waals surface area contributed by atoms with Crippen LogP contribution in [0.5, 0.6) is 0 Å². The van der Waals surface area contributed by atoms with E-state index in [2.05, 4.69) is 34.6 Å². The topological polar surface area (TPSA) is 93.7 Å². The number of halogens is 3. The Morgan fingerprint density at radius 3 is 2.50 bits per heavy atom. The van der Waals surface area contributed by atoms with Crippen LogP contribution < -0.4 is 4.90 Å². The molecule has 8 nitrogen and oxygen atoms in total. The van der Waals surface area contributed by atoms with Gasteiger partial charge in [-0.15, -0.1) is 11.3 Å². The minimum atomic E-state index is -4.68. The van der Waals surface area contributed by atoms with E-state index in [4.69, 9.17) is 0 Å². The van der Waals surface area contributed by atoms with Gasteiger partial charge in [-0.05, 0) is 26.0 Å². The number of hydrogen-bond donors (Lipinski definition) is 0. The second-order valence-electron chi connectivity index (χ2n) is 6.24. The summed E-state index contributed by atoms with van der Waals surface area (Å²) in [7, 11) is 0. The largest absolute Gasteiger partial charge is 0.471 e. The van der Waals surface area contributed by atoms with Crippen LogP contribution in [0.1, 0.15) is 22.2 Å². The molecule has 0 N–H and O–H groups in total. The van der Waals surface area contributed by atoms with Crippen LogP contribution in [0.3, 0.4) is 0 Å². The van der Waals surface area contributed by atoms with Crippen LogP contribution in [-0.4, -0.2) is 30.1 Å². The predicted molar refractivity (Wildman–Crippen MR) is 102 cm³/mol. The standard InChI is InChI=1S/C18H14F3N7OS/c1-10-11(2)25-15(8-24-10)28(14-7-22-5-6-23-14)9-12-3-4-13(30-12)16-26-17(29-27-16)18(19,20)21/h3-8H,9H2,1-2H3. The number of anilines is 2. The number of aromatic nitrogens is 6. The maximum Gasteiger partial charge on any atom is 0.471 e. The summed E-state index contributed by atoms with van der Waals surface area (Å²) in [5, 5.41) is 3.43. The van der Waals surface area contributed by atoms with Crippen molar-refractivity contribution >= 4 is 23.0 Å². The number of nitrogens with zero attached hydrogens (tertiary/aromatic N) is 7. The minimum Gasteiger partial charge on any atom is -0.329 e. The van der Waals surface area contributed by atoms with E-state index in [1.165, 1.54) is 11.3 Å². The van der Waals surface area contributed by atoms with Gasteiger partial charge in [-0.25, -0.2) is 9.97 Å². The Kier molecular flexibility index (Phi) is 5.16. The molecule has 0 radical (unpaired) electrons. The molecule has 4 rings (SSSR count). The van der Waals surface area contributed by atoms with Crippen molar-refractivity contribution in [3.8, 4) is 10.7 Å². The SMILES string of the molecule is Cc1ncc(N(Cc2ccc(-c3noc(C(F)(F)F)n3)s2)c2cnccn2)nc1C. The van der Waals surface area contributed by atoms with Crippen LogP contribution >= 0.6 is 11.3 Å². The smallest absolute Gasteiger partial charge is 0.329 e. The van der Waals surface area contributed by atoms with E-state index in [9.17, 15) is 13.2 Å². The average Bonchev–Trinajstić information content (AvgIpc) is 3.38. The highest BCUT2D eigenvalue weighted by molar-refractivity contribution is 7.15. The van der Waals surface area contributed by atoms with Gasteiger partial charge in [0.1, 0.15) is 0 Å². The van der Waals surface area contributed by atoms with Gasteiger partial charge < -0.3 is 9.42 Å². The third-order valence-electron chi connectivity index (χ3n) is 4.15. The van der Waals surface area contributed by atoms with Crippen LogP contribution in [0.25, 0.3) is 10.7 Å². The van der Waals surface area contributed by atoms with Gasteiger partial charge in [0.25, 0.3) is 0 Å². The van der Waals surface area contributed by atoms with Gasteiger partial charge in [0.15, 0.2) is 11.6 Å². The normalized spacial score (nSPS) is 11.6. The van der Waals surface area contributed by atoms with E-state index in [0.717, 1.165) is 16.3 Å². The van der Waals surface area contributed by atoms with Crippen LogP contribution in [-0.2, 0) is 12.7 Å². The molecule has 0 aromatic carbocycles. The molecule has 0 saturated heterocycles. The Bertz CT molecular complexity index is 1160. The van der Waals surface area contributed by atoms with Crippen LogP contribution in [0.2, 0.25) is 0 Å². The molecule has 0 fully saturated rings. The van der Waals surface area contributed by atoms with Crippen LogP contribution in [0, 0.1) is 13.8 Å². The number of thiophene rings is 1. The molecule has 4 aromatic rings. The highest BCUT2D eigenvalue weighted by atomic mass is 32.1. The molecular formula is C18H14F3N7OS. The summed E-state index contributed by atoms with van der Waals surface area (Å²) in [4.78, 5) is 23.9. The lowest BCUT2D eigenvalue weighted by Gasteiger charge is -2.22. The second-order valence-corrected chi connectivity index (χ2v) is 7.40. The predicted octanol–water partition coefficient (Wildman–Crippen LogP) is 4.35. The van der Waals surface area contributed by atoms with Crippen molar-refractivity contribution in [3.63, 3.8) is 0 Å². The summed E-state index contributed by atoms with van der Waals surface area (Å²) in [5.41, 5.74) is 1.59. The summed E-state index contributed by atoms with van der Waals surface area (Å²) in [5.74, 6) is -0.356. The van der Waals surface area contributed by atoms with Gasteiger partial charge in [0.05, 0.1) is 35.2 Å². The molecule has 12 heteroatoms. The Balaban J connectivity index is 1.64. The first-order valence-electron chi connectivity index (χ1n) is 8.65. The van der Waals surface area contributed by atoms with E-state index < -0.39 is 12.1 Å². The molecule has 0 aliphatic rings. The van der Waals surface area contributed by atoms with E-state index in [1.54, 1.807) is 36.9 Å². The van der Waals surface area contributed by atoms with E-state index in [1.807, 2.05) is 18.7 Å². The monoisotopic (exact) mass is 433 g/mol. The molecule has 0 bridgehead atoms. The summed E-state index contributed by atoms with van der Waals surface area (Å²) in [6.45, 7) is 4.08. The van der Waals surface area contributed by atoms with Gasteiger partial charge in [0, 0.05) is 17.3 Å². The number of rotatable bonds is 5. The lowest BCUT2D eigenvalue weighted by atomic mass is 10.3. The van der Waals surface area contributed by atoms with E-state index >= 15 is 0 Å². The van der Waals surface area contributed by atoms with Crippen molar-refractivity contribution in [2.45, 2.75) is 26.6 Å². The minimum absolute atomic E-state index is 0.115. The zero-order valence-corrected chi connectivity index (χ0v) is 16.6. The molecule has 0 spiro atoms.